The lowest BCUT2D eigenvalue weighted by atomic mass is 10.2. The molecule has 0 fully saturated rings. The summed E-state index contributed by atoms with van der Waals surface area (Å²) in [6.45, 7) is 2.53. The summed E-state index contributed by atoms with van der Waals surface area (Å²) < 4.78 is 27.4. The molecule has 0 aliphatic rings. The van der Waals surface area contributed by atoms with E-state index in [2.05, 4.69) is 0 Å². The molecule has 0 bridgehead atoms. The van der Waals surface area contributed by atoms with Crippen LogP contribution in [-0.4, -0.2) is 35.2 Å². The van der Waals surface area contributed by atoms with E-state index in [0.717, 1.165) is 5.69 Å². The number of nitrogens with two attached hydrogens (primary N) is 2. The molecule has 1 unspecified atom stereocenters. The zero-order valence-corrected chi connectivity index (χ0v) is 11.6. The van der Waals surface area contributed by atoms with Gasteiger partial charge < -0.3 is 15.4 Å². The Hall–Kier alpha value is -1.31. The fourth-order valence-electron chi connectivity index (χ4n) is 1.62. The number of primary sulfonamides is 1. The maximum absolute atomic E-state index is 11.2. The van der Waals surface area contributed by atoms with Gasteiger partial charge in [-0.25, -0.2) is 13.6 Å². The molecule has 0 aliphatic carbocycles. The van der Waals surface area contributed by atoms with Crippen LogP contribution in [0.25, 0.3) is 0 Å². The van der Waals surface area contributed by atoms with E-state index in [1.54, 1.807) is 13.2 Å². The van der Waals surface area contributed by atoms with Crippen LogP contribution in [0.4, 0.5) is 11.4 Å². The van der Waals surface area contributed by atoms with Crippen LogP contribution in [0.2, 0.25) is 0 Å². The van der Waals surface area contributed by atoms with Crippen molar-refractivity contribution in [2.45, 2.75) is 17.9 Å². The lowest BCUT2D eigenvalue weighted by Gasteiger charge is -2.27. The summed E-state index contributed by atoms with van der Waals surface area (Å²) in [4.78, 5) is 1.93. The van der Waals surface area contributed by atoms with Gasteiger partial charge in [0.1, 0.15) is 0 Å². The van der Waals surface area contributed by atoms with Gasteiger partial charge in [0.15, 0.2) is 0 Å². The molecular weight excluding hydrogens is 254 g/mol. The molecule has 1 aromatic rings. The van der Waals surface area contributed by atoms with E-state index in [4.69, 9.17) is 15.6 Å². The summed E-state index contributed by atoms with van der Waals surface area (Å²) in [5.41, 5.74) is 6.96. The van der Waals surface area contributed by atoms with Crippen LogP contribution < -0.4 is 15.8 Å². The summed E-state index contributed by atoms with van der Waals surface area (Å²) in [5.74, 6) is 0. The van der Waals surface area contributed by atoms with Gasteiger partial charge in [0.05, 0.1) is 22.9 Å². The Kier molecular flexibility index (Phi) is 4.55. The van der Waals surface area contributed by atoms with E-state index in [9.17, 15) is 8.42 Å². The van der Waals surface area contributed by atoms with Gasteiger partial charge in [-0.1, -0.05) is 0 Å². The van der Waals surface area contributed by atoms with Crippen LogP contribution in [0.5, 0.6) is 0 Å². The van der Waals surface area contributed by atoms with Gasteiger partial charge in [-0.2, -0.15) is 0 Å². The molecule has 0 spiro atoms. The molecule has 1 atom stereocenters. The Morgan fingerprint density at radius 3 is 2.50 bits per heavy atom. The first-order chi connectivity index (χ1) is 8.27. The van der Waals surface area contributed by atoms with Crippen LogP contribution in [0.15, 0.2) is 23.1 Å². The minimum Gasteiger partial charge on any atom is -0.397 e. The highest BCUT2D eigenvalue weighted by Crippen LogP contribution is 2.26. The second-order valence-corrected chi connectivity index (χ2v) is 5.74. The number of anilines is 2. The van der Waals surface area contributed by atoms with Crippen molar-refractivity contribution in [3.8, 4) is 0 Å². The Labute approximate surface area is 108 Å². The third-order valence-corrected chi connectivity index (χ3v) is 3.69. The summed E-state index contributed by atoms with van der Waals surface area (Å²) in [7, 11) is -0.232. The quantitative estimate of drug-likeness (QED) is 0.756. The highest BCUT2D eigenvalue weighted by molar-refractivity contribution is 7.89. The van der Waals surface area contributed by atoms with Gasteiger partial charge in [-0.3, -0.25) is 0 Å². The second-order valence-electron chi connectivity index (χ2n) is 4.18. The normalized spacial score (nSPS) is 13.3. The number of hydrogen-bond acceptors (Lipinski definition) is 5. The molecule has 0 heterocycles. The number of ether oxygens (including phenoxy) is 1. The molecule has 0 radical (unpaired) electrons. The molecule has 7 heteroatoms. The SMILES string of the molecule is COCC(C)N(C)c1ccc(S(N)(=O)=O)cc1N. The van der Waals surface area contributed by atoms with Gasteiger partial charge in [0.2, 0.25) is 10.0 Å². The topological polar surface area (TPSA) is 98.6 Å². The Bertz CT molecular complexity index is 516. The minimum atomic E-state index is -3.72. The molecule has 102 valence electrons. The van der Waals surface area contributed by atoms with Crippen molar-refractivity contribution in [1.82, 2.24) is 0 Å². The summed E-state index contributed by atoms with van der Waals surface area (Å²) >= 11 is 0. The molecule has 18 heavy (non-hydrogen) atoms. The first-order valence-electron chi connectivity index (χ1n) is 5.41. The van der Waals surface area contributed by atoms with Gasteiger partial charge in [-0.15, -0.1) is 0 Å². The van der Waals surface area contributed by atoms with E-state index in [1.165, 1.54) is 12.1 Å². The molecule has 0 amide bonds. The number of sulfonamides is 1. The average Bonchev–Trinajstić information content (AvgIpc) is 2.27. The zero-order valence-electron chi connectivity index (χ0n) is 10.8. The Balaban J connectivity index is 3.06. The number of methoxy groups -OCH3 is 1. The Morgan fingerprint density at radius 2 is 2.06 bits per heavy atom. The van der Waals surface area contributed by atoms with E-state index in [0.29, 0.717) is 12.3 Å². The highest BCUT2D eigenvalue weighted by atomic mass is 32.2. The van der Waals surface area contributed by atoms with Gasteiger partial charge in [0.25, 0.3) is 0 Å². The maximum atomic E-state index is 11.2. The molecule has 0 aliphatic heterocycles. The fourth-order valence-corrected chi connectivity index (χ4v) is 2.17. The smallest absolute Gasteiger partial charge is 0.238 e. The van der Waals surface area contributed by atoms with Gasteiger partial charge >= 0.3 is 0 Å². The summed E-state index contributed by atoms with van der Waals surface area (Å²) in [5, 5.41) is 5.04. The molecule has 4 N–H and O–H groups in total. The summed E-state index contributed by atoms with van der Waals surface area (Å²) in [6.07, 6.45) is 0. The number of hydrogen-bond donors (Lipinski definition) is 2. The predicted molar refractivity (Wildman–Crippen MR) is 72.0 cm³/mol. The van der Waals surface area contributed by atoms with Crippen molar-refractivity contribution in [3.63, 3.8) is 0 Å². The van der Waals surface area contributed by atoms with Crippen molar-refractivity contribution in [2.24, 2.45) is 5.14 Å². The fraction of sp³-hybridized carbons (Fsp3) is 0.455. The first kappa shape index (κ1) is 14.7. The highest BCUT2D eigenvalue weighted by Gasteiger charge is 2.15. The number of nitrogen functional groups attached to an aromatic ring is 1. The number of likely N-dealkylation sites (N-methyl/N-ethyl adjacent to an activating group) is 1. The third-order valence-electron chi connectivity index (χ3n) is 2.78. The predicted octanol–water partition coefficient (Wildman–Crippen LogP) is 0.387. The molecule has 0 saturated heterocycles. The number of rotatable bonds is 5. The standard InChI is InChI=1S/C11H19N3O3S/c1-8(7-17-3)14(2)11-5-4-9(6-10(11)12)18(13,15)16/h4-6,8H,7,12H2,1-3H3,(H2,13,15,16). The lowest BCUT2D eigenvalue weighted by molar-refractivity contribution is 0.183. The minimum absolute atomic E-state index is 0.0107. The van der Waals surface area contributed by atoms with Crippen molar-refractivity contribution < 1.29 is 13.2 Å². The largest absolute Gasteiger partial charge is 0.397 e. The molecule has 1 rings (SSSR count). The molecular formula is C11H19N3O3S. The summed E-state index contributed by atoms with van der Waals surface area (Å²) in [6, 6.07) is 4.57. The van der Waals surface area contributed by atoms with Gasteiger partial charge in [0, 0.05) is 20.2 Å². The van der Waals surface area contributed by atoms with Crippen molar-refractivity contribution in [1.29, 1.82) is 0 Å². The van der Waals surface area contributed by atoms with E-state index in [-0.39, 0.29) is 10.9 Å². The number of benzene rings is 1. The third kappa shape index (κ3) is 3.34. The lowest BCUT2D eigenvalue weighted by Crippen LogP contribution is -2.33. The van der Waals surface area contributed by atoms with Crippen molar-refractivity contribution in [2.75, 3.05) is 31.4 Å². The average molecular weight is 273 g/mol. The van der Waals surface area contributed by atoms with E-state index >= 15 is 0 Å². The monoisotopic (exact) mass is 273 g/mol. The van der Waals surface area contributed by atoms with Crippen LogP contribution in [0, 0.1) is 0 Å². The first-order valence-corrected chi connectivity index (χ1v) is 6.96. The van der Waals surface area contributed by atoms with E-state index in [1.807, 2.05) is 18.9 Å². The van der Waals surface area contributed by atoms with Crippen LogP contribution in [0.1, 0.15) is 6.92 Å². The van der Waals surface area contributed by atoms with Gasteiger partial charge in [-0.05, 0) is 25.1 Å². The maximum Gasteiger partial charge on any atom is 0.238 e. The molecule has 6 nitrogen and oxygen atoms in total. The van der Waals surface area contributed by atoms with Crippen molar-refractivity contribution in [3.05, 3.63) is 18.2 Å². The number of nitrogens with zero attached hydrogens (tertiary/aromatic N) is 1. The Morgan fingerprint density at radius 1 is 1.44 bits per heavy atom. The second kappa shape index (κ2) is 5.55. The molecule has 1 aromatic carbocycles. The molecule has 0 saturated carbocycles. The van der Waals surface area contributed by atoms with Crippen LogP contribution in [0.3, 0.4) is 0 Å². The van der Waals surface area contributed by atoms with Crippen LogP contribution in [-0.2, 0) is 14.8 Å². The van der Waals surface area contributed by atoms with Crippen molar-refractivity contribution >= 4 is 21.4 Å². The molecule has 0 aromatic heterocycles. The zero-order chi connectivity index (χ0) is 13.9. The van der Waals surface area contributed by atoms with E-state index < -0.39 is 10.0 Å². The van der Waals surface area contributed by atoms with Crippen LogP contribution >= 0.6 is 0 Å².